The number of ether oxygens (including phenoxy) is 2. The first kappa shape index (κ1) is 4.77. The summed E-state index contributed by atoms with van der Waals surface area (Å²) in [5.41, 5.74) is 0. The highest BCUT2D eigenvalue weighted by Crippen LogP contribution is 2.25. The predicted molar refractivity (Wildman–Crippen MR) is 28.7 cm³/mol. The Morgan fingerprint density at radius 1 is 0.875 bits per heavy atom. The molecule has 2 heterocycles. The first-order chi connectivity index (χ1) is 3.97. The van der Waals surface area contributed by atoms with Crippen molar-refractivity contribution in [3.63, 3.8) is 0 Å². The highest BCUT2D eigenvalue weighted by atomic mass is 16.6. The number of hydrogen-bond donors (Lipinski definition) is 0. The van der Waals surface area contributed by atoms with E-state index in [1.807, 2.05) is 0 Å². The van der Waals surface area contributed by atoms with Gasteiger partial charge in [0.2, 0.25) is 0 Å². The van der Waals surface area contributed by atoms with Crippen LogP contribution in [0.2, 0.25) is 0 Å². The second-order valence-corrected chi connectivity index (χ2v) is 2.40. The van der Waals surface area contributed by atoms with Gasteiger partial charge in [-0.3, -0.25) is 0 Å². The Hall–Kier alpha value is -0.0800. The van der Waals surface area contributed by atoms with Crippen LogP contribution in [0.5, 0.6) is 0 Å². The molecular weight excluding hydrogens is 104 g/mol. The third-order valence-electron chi connectivity index (χ3n) is 1.88. The minimum Gasteiger partial charge on any atom is -0.375 e. The van der Waals surface area contributed by atoms with Gasteiger partial charge in [0.15, 0.2) is 0 Å². The lowest BCUT2D eigenvalue weighted by molar-refractivity contribution is 0.0732. The maximum absolute atomic E-state index is 5.35. The standard InChI is InChI=1S/C6H10O2/c1-3-7-6-2-4-8-5(1)6/h5-6H,1-4H2. The van der Waals surface area contributed by atoms with Crippen LogP contribution >= 0.6 is 0 Å². The molecule has 2 heteroatoms. The average Bonchev–Trinajstić information content (AvgIpc) is 2.15. The molecule has 2 atom stereocenters. The van der Waals surface area contributed by atoms with Gasteiger partial charge < -0.3 is 9.47 Å². The van der Waals surface area contributed by atoms with Crippen LogP contribution in [0, 0.1) is 0 Å². The average molecular weight is 114 g/mol. The maximum Gasteiger partial charge on any atom is 0.0859 e. The molecule has 0 saturated carbocycles. The zero-order valence-electron chi connectivity index (χ0n) is 4.80. The monoisotopic (exact) mass is 114 g/mol. The summed E-state index contributed by atoms with van der Waals surface area (Å²) in [7, 11) is 0. The minimum absolute atomic E-state index is 0.454. The lowest BCUT2D eigenvalue weighted by atomic mass is 10.2. The van der Waals surface area contributed by atoms with E-state index in [4.69, 9.17) is 9.47 Å². The number of fused-ring (bicyclic) bond motifs is 1. The summed E-state index contributed by atoms with van der Waals surface area (Å²) in [6.45, 7) is 1.82. The van der Waals surface area contributed by atoms with Crippen LogP contribution in [-0.2, 0) is 9.47 Å². The van der Waals surface area contributed by atoms with Crippen LogP contribution in [0.25, 0.3) is 0 Å². The fraction of sp³-hybridized carbons (Fsp3) is 1.00. The van der Waals surface area contributed by atoms with E-state index >= 15 is 0 Å². The van der Waals surface area contributed by atoms with Gasteiger partial charge in [-0.25, -0.2) is 0 Å². The summed E-state index contributed by atoms with van der Waals surface area (Å²) in [5.74, 6) is 0. The molecule has 2 rings (SSSR count). The lowest BCUT2D eigenvalue weighted by Gasteiger charge is -2.03. The Kier molecular flexibility index (Phi) is 1.02. The van der Waals surface area contributed by atoms with Gasteiger partial charge in [-0.15, -0.1) is 0 Å². The van der Waals surface area contributed by atoms with Crippen molar-refractivity contribution in [3.8, 4) is 0 Å². The molecule has 0 aromatic carbocycles. The summed E-state index contributed by atoms with van der Waals surface area (Å²) in [5, 5.41) is 0. The molecule has 0 amide bonds. The molecule has 2 aliphatic rings. The van der Waals surface area contributed by atoms with Crippen LogP contribution in [0.15, 0.2) is 0 Å². The van der Waals surface area contributed by atoms with Gasteiger partial charge in [0, 0.05) is 13.2 Å². The van der Waals surface area contributed by atoms with Gasteiger partial charge in [0.25, 0.3) is 0 Å². The molecule has 0 radical (unpaired) electrons. The molecule has 0 aromatic heterocycles. The Bertz CT molecular complexity index is 72.5. The molecule has 0 spiro atoms. The van der Waals surface area contributed by atoms with Crippen LogP contribution in [0.1, 0.15) is 12.8 Å². The van der Waals surface area contributed by atoms with Crippen LogP contribution in [0.4, 0.5) is 0 Å². The Labute approximate surface area is 48.8 Å². The highest BCUT2D eigenvalue weighted by molar-refractivity contribution is 4.81. The summed E-state index contributed by atoms with van der Waals surface area (Å²) >= 11 is 0. The normalized spacial score (nSPS) is 45.0. The zero-order chi connectivity index (χ0) is 5.40. The van der Waals surface area contributed by atoms with Gasteiger partial charge in [-0.1, -0.05) is 0 Å². The van der Waals surface area contributed by atoms with Gasteiger partial charge in [-0.05, 0) is 12.8 Å². The molecular formula is C6H10O2. The number of hydrogen-bond acceptors (Lipinski definition) is 2. The van der Waals surface area contributed by atoms with Crippen molar-refractivity contribution in [1.82, 2.24) is 0 Å². The first-order valence-electron chi connectivity index (χ1n) is 3.20. The lowest BCUT2D eigenvalue weighted by Crippen LogP contribution is -2.13. The molecule has 2 fully saturated rings. The van der Waals surface area contributed by atoms with E-state index in [9.17, 15) is 0 Å². The van der Waals surface area contributed by atoms with Crippen molar-refractivity contribution in [1.29, 1.82) is 0 Å². The van der Waals surface area contributed by atoms with Gasteiger partial charge >= 0.3 is 0 Å². The smallest absolute Gasteiger partial charge is 0.0859 e. The first-order valence-corrected chi connectivity index (χ1v) is 3.20. The van der Waals surface area contributed by atoms with E-state index in [1.54, 1.807) is 0 Å². The summed E-state index contributed by atoms with van der Waals surface area (Å²) in [4.78, 5) is 0. The fourth-order valence-corrected chi connectivity index (χ4v) is 1.42. The van der Waals surface area contributed by atoms with Gasteiger partial charge in [0.05, 0.1) is 12.2 Å². The summed E-state index contributed by atoms with van der Waals surface area (Å²) in [6, 6.07) is 0. The summed E-state index contributed by atoms with van der Waals surface area (Å²) in [6.07, 6.45) is 3.14. The molecule has 8 heavy (non-hydrogen) atoms. The molecule has 2 nitrogen and oxygen atoms in total. The predicted octanol–water partition coefficient (Wildman–Crippen LogP) is 0.564. The van der Waals surface area contributed by atoms with E-state index in [0.717, 1.165) is 26.1 Å². The second-order valence-electron chi connectivity index (χ2n) is 2.40. The largest absolute Gasteiger partial charge is 0.375 e. The van der Waals surface area contributed by atoms with Crippen molar-refractivity contribution in [3.05, 3.63) is 0 Å². The Morgan fingerprint density at radius 3 is 1.88 bits per heavy atom. The molecule has 46 valence electrons. The van der Waals surface area contributed by atoms with E-state index in [-0.39, 0.29) is 0 Å². The second kappa shape index (κ2) is 1.71. The quantitative estimate of drug-likeness (QED) is 0.458. The maximum atomic E-state index is 5.35. The molecule has 2 unspecified atom stereocenters. The topological polar surface area (TPSA) is 18.5 Å². The highest BCUT2D eigenvalue weighted by Gasteiger charge is 2.33. The van der Waals surface area contributed by atoms with Gasteiger partial charge in [0.1, 0.15) is 0 Å². The third-order valence-corrected chi connectivity index (χ3v) is 1.88. The SMILES string of the molecule is C1CC2OCCC2O1. The van der Waals surface area contributed by atoms with Crippen molar-refractivity contribution in [2.75, 3.05) is 13.2 Å². The number of rotatable bonds is 0. The molecule has 0 bridgehead atoms. The summed E-state index contributed by atoms with van der Waals surface area (Å²) < 4.78 is 10.7. The Balaban J connectivity index is 2.04. The van der Waals surface area contributed by atoms with Crippen molar-refractivity contribution >= 4 is 0 Å². The molecule has 2 aliphatic heterocycles. The van der Waals surface area contributed by atoms with E-state index in [2.05, 4.69) is 0 Å². The van der Waals surface area contributed by atoms with Crippen molar-refractivity contribution in [2.24, 2.45) is 0 Å². The van der Waals surface area contributed by atoms with Gasteiger partial charge in [-0.2, -0.15) is 0 Å². The zero-order valence-corrected chi connectivity index (χ0v) is 4.80. The van der Waals surface area contributed by atoms with E-state index in [0.29, 0.717) is 12.2 Å². The van der Waals surface area contributed by atoms with Crippen molar-refractivity contribution in [2.45, 2.75) is 25.0 Å². The molecule has 0 aromatic rings. The van der Waals surface area contributed by atoms with Crippen LogP contribution < -0.4 is 0 Å². The van der Waals surface area contributed by atoms with Crippen LogP contribution in [-0.4, -0.2) is 25.4 Å². The van der Waals surface area contributed by atoms with E-state index in [1.165, 1.54) is 0 Å². The minimum atomic E-state index is 0.454. The Morgan fingerprint density at radius 2 is 1.38 bits per heavy atom. The van der Waals surface area contributed by atoms with Crippen LogP contribution in [0.3, 0.4) is 0 Å². The van der Waals surface area contributed by atoms with Crippen molar-refractivity contribution < 1.29 is 9.47 Å². The molecule has 2 saturated heterocycles. The molecule has 0 aliphatic carbocycles. The molecule has 0 N–H and O–H groups in total. The van der Waals surface area contributed by atoms with E-state index < -0.39 is 0 Å². The fourth-order valence-electron chi connectivity index (χ4n) is 1.42. The third kappa shape index (κ3) is 0.565.